The van der Waals surface area contributed by atoms with Crippen LogP contribution in [-0.4, -0.2) is 51.7 Å². The highest BCUT2D eigenvalue weighted by atomic mass is 32.2. The van der Waals surface area contributed by atoms with E-state index in [9.17, 15) is 12.8 Å². The number of sulfonamides is 1. The van der Waals surface area contributed by atoms with Crippen LogP contribution in [0.15, 0.2) is 54.1 Å². The fraction of sp³-hybridized carbons (Fsp3) is 0.278. The molecule has 1 aromatic carbocycles. The van der Waals surface area contributed by atoms with Crippen molar-refractivity contribution in [1.29, 1.82) is 0 Å². The van der Waals surface area contributed by atoms with Crippen LogP contribution < -0.4 is 4.74 Å². The lowest BCUT2D eigenvalue weighted by Crippen LogP contribution is -2.31. The van der Waals surface area contributed by atoms with E-state index < -0.39 is 15.8 Å². The van der Waals surface area contributed by atoms with Gasteiger partial charge in [0, 0.05) is 31.5 Å². The van der Waals surface area contributed by atoms with Crippen LogP contribution in [0.25, 0.3) is 11.3 Å². The van der Waals surface area contributed by atoms with Crippen LogP contribution in [0.5, 0.6) is 5.75 Å². The number of hydrogen-bond acceptors (Lipinski definition) is 6. The molecule has 28 heavy (non-hydrogen) atoms. The molecule has 1 aliphatic heterocycles. The smallest absolute Gasteiger partial charge is 0.246 e. The zero-order chi connectivity index (χ0) is 19.7. The predicted octanol–water partition coefficient (Wildman–Crippen LogP) is 1.86. The van der Waals surface area contributed by atoms with Gasteiger partial charge in [-0.3, -0.25) is 4.68 Å². The second kappa shape index (κ2) is 7.28. The van der Waals surface area contributed by atoms with Gasteiger partial charge in [-0.2, -0.15) is 9.40 Å². The average molecular weight is 403 g/mol. The van der Waals surface area contributed by atoms with E-state index in [0.717, 1.165) is 0 Å². The maximum Gasteiger partial charge on any atom is 0.246 e. The molecule has 1 fully saturated rings. The fourth-order valence-corrected chi connectivity index (χ4v) is 4.60. The van der Waals surface area contributed by atoms with Crippen LogP contribution in [0.1, 0.15) is 6.42 Å². The Balaban J connectivity index is 1.54. The third-order valence-electron chi connectivity index (χ3n) is 4.52. The SMILES string of the molecule is Cn1cc(S(=O)(=O)N2CCC(Oc3ccc(F)cc3-c3ccncn3)C2)cn1. The van der Waals surface area contributed by atoms with Gasteiger partial charge >= 0.3 is 0 Å². The molecule has 2 aromatic heterocycles. The van der Waals surface area contributed by atoms with Crippen molar-refractivity contribution < 1.29 is 17.5 Å². The van der Waals surface area contributed by atoms with E-state index in [2.05, 4.69) is 15.1 Å². The third-order valence-corrected chi connectivity index (χ3v) is 6.34. The quantitative estimate of drug-likeness (QED) is 0.646. The standard InChI is InChI=1S/C18H18FN5O3S/c1-23-11-15(9-22-23)28(25,26)24-7-5-14(10-24)27-18-3-2-13(19)8-16(18)17-4-6-20-12-21-17/h2-4,6,8-9,11-12,14H,5,7,10H2,1H3. The molecule has 4 rings (SSSR count). The Morgan fingerprint density at radius 1 is 1.29 bits per heavy atom. The molecule has 0 spiro atoms. The molecular formula is C18H18FN5O3S. The highest BCUT2D eigenvalue weighted by Gasteiger charge is 2.34. The fourth-order valence-electron chi connectivity index (χ4n) is 3.13. The Morgan fingerprint density at radius 3 is 2.86 bits per heavy atom. The summed E-state index contributed by atoms with van der Waals surface area (Å²) in [6.45, 7) is 0.545. The number of hydrogen-bond donors (Lipinski definition) is 0. The normalized spacial score (nSPS) is 17.7. The lowest BCUT2D eigenvalue weighted by molar-refractivity contribution is 0.216. The van der Waals surface area contributed by atoms with E-state index in [1.165, 1.54) is 45.9 Å². The first-order chi connectivity index (χ1) is 13.4. The van der Waals surface area contributed by atoms with Gasteiger partial charge in [-0.05, 0) is 30.7 Å². The minimum absolute atomic E-state index is 0.152. The molecule has 0 amide bonds. The van der Waals surface area contributed by atoms with Crippen LogP contribution >= 0.6 is 0 Å². The lowest BCUT2D eigenvalue weighted by atomic mass is 10.1. The summed E-state index contributed by atoms with van der Waals surface area (Å²) in [6.07, 6.45) is 5.92. The van der Waals surface area contributed by atoms with Gasteiger partial charge in [-0.15, -0.1) is 0 Å². The summed E-state index contributed by atoms with van der Waals surface area (Å²) in [6, 6.07) is 5.84. The summed E-state index contributed by atoms with van der Waals surface area (Å²) < 4.78 is 48.1. The van der Waals surface area contributed by atoms with Crippen molar-refractivity contribution in [3.63, 3.8) is 0 Å². The van der Waals surface area contributed by atoms with Crippen molar-refractivity contribution in [3.05, 3.63) is 55.0 Å². The van der Waals surface area contributed by atoms with E-state index in [0.29, 0.717) is 30.0 Å². The van der Waals surface area contributed by atoms with Gasteiger partial charge in [0.25, 0.3) is 0 Å². The van der Waals surface area contributed by atoms with E-state index in [1.54, 1.807) is 19.3 Å². The Hall–Kier alpha value is -2.85. The van der Waals surface area contributed by atoms with Crippen molar-refractivity contribution in [3.8, 4) is 17.0 Å². The van der Waals surface area contributed by atoms with Crippen molar-refractivity contribution in [2.24, 2.45) is 7.05 Å². The maximum absolute atomic E-state index is 13.8. The van der Waals surface area contributed by atoms with Gasteiger partial charge in [0.2, 0.25) is 10.0 Å². The molecule has 1 unspecified atom stereocenters. The monoisotopic (exact) mass is 403 g/mol. The highest BCUT2D eigenvalue weighted by Crippen LogP contribution is 2.32. The molecule has 0 N–H and O–H groups in total. The maximum atomic E-state index is 13.8. The molecule has 8 nitrogen and oxygen atoms in total. The first-order valence-electron chi connectivity index (χ1n) is 8.65. The van der Waals surface area contributed by atoms with Gasteiger partial charge in [0.1, 0.15) is 28.9 Å². The summed E-state index contributed by atoms with van der Waals surface area (Å²) in [5.74, 6) is 0.0406. The van der Waals surface area contributed by atoms with Gasteiger partial charge in [0.05, 0.1) is 18.4 Å². The van der Waals surface area contributed by atoms with Crippen LogP contribution in [0.3, 0.4) is 0 Å². The summed E-state index contributed by atoms with van der Waals surface area (Å²) >= 11 is 0. The van der Waals surface area contributed by atoms with Crippen LogP contribution in [-0.2, 0) is 17.1 Å². The van der Waals surface area contributed by atoms with Gasteiger partial charge in [0.15, 0.2) is 0 Å². The summed E-state index contributed by atoms with van der Waals surface area (Å²) in [7, 11) is -1.96. The first-order valence-corrected chi connectivity index (χ1v) is 10.1. The van der Waals surface area contributed by atoms with Crippen molar-refractivity contribution >= 4 is 10.0 Å². The average Bonchev–Trinajstić information content (AvgIpc) is 3.34. The van der Waals surface area contributed by atoms with Crippen molar-refractivity contribution in [1.82, 2.24) is 24.1 Å². The summed E-state index contributed by atoms with van der Waals surface area (Å²) in [5.41, 5.74) is 1.03. The van der Waals surface area contributed by atoms with Crippen LogP contribution in [0.4, 0.5) is 4.39 Å². The molecule has 10 heteroatoms. The number of aryl methyl sites for hydroxylation is 1. The highest BCUT2D eigenvalue weighted by molar-refractivity contribution is 7.89. The van der Waals surface area contributed by atoms with E-state index in [4.69, 9.17) is 4.74 Å². The lowest BCUT2D eigenvalue weighted by Gasteiger charge is -2.18. The Bertz CT molecular complexity index is 1090. The second-order valence-corrected chi connectivity index (χ2v) is 8.41. The predicted molar refractivity (Wildman–Crippen MR) is 98.4 cm³/mol. The van der Waals surface area contributed by atoms with Gasteiger partial charge in [-0.25, -0.2) is 22.8 Å². The first kappa shape index (κ1) is 18.5. The molecule has 3 aromatic rings. The number of benzene rings is 1. The third kappa shape index (κ3) is 3.60. The number of ether oxygens (including phenoxy) is 1. The van der Waals surface area contributed by atoms with Crippen LogP contribution in [0, 0.1) is 5.82 Å². The Labute approximate surface area is 161 Å². The minimum atomic E-state index is -3.62. The number of aromatic nitrogens is 4. The Morgan fingerprint density at radius 2 is 2.14 bits per heavy atom. The molecule has 1 saturated heterocycles. The molecule has 0 bridgehead atoms. The summed E-state index contributed by atoms with van der Waals surface area (Å²) in [4.78, 5) is 8.17. The summed E-state index contributed by atoms with van der Waals surface area (Å²) in [5, 5.41) is 3.93. The van der Waals surface area contributed by atoms with E-state index in [-0.39, 0.29) is 17.5 Å². The van der Waals surface area contributed by atoms with Crippen LogP contribution in [0.2, 0.25) is 0 Å². The van der Waals surface area contributed by atoms with E-state index in [1.807, 2.05) is 0 Å². The minimum Gasteiger partial charge on any atom is -0.488 e. The molecule has 1 aliphatic rings. The van der Waals surface area contributed by atoms with Crippen molar-refractivity contribution in [2.45, 2.75) is 17.4 Å². The molecule has 0 radical (unpaired) electrons. The Kier molecular flexibility index (Phi) is 4.82. The largest absolute Gasteiger partial charge is 0.488 e. The number of nitrogens with zero attached hydrogens (tertiary/aromatic N) is 5. The zero-order valence-corrected chi connectivity index (χ0v) is 15.9. The molecule has 3 heterocycles. The number of halogens is 1. The van der Waals surface area contributed by atoms with E-state index >= 15 is 0 Å². The molecule has 1 atom stereocenters. The van der Waals surface area contributed by atoms with Gasteiger partial charge in [-0.1, -0.05) is 0 Å². The zero-order valence-electron chi connectivity index (χ0n) is 15.1. The number of rotatable bonds is 5. The molecule has 146 valence electrons. The molecule has 0 saturated carbocycles. The molecule has 0 aliphatic carbocycles. The molecular weight excluding hydrogens is 385 g/mol. The van der Waals surface area contributed by atoms with Gasteiger partial charge < -0.3 is 4.74 Å². The van der Waals surface area contributed by atoms with Crippen molar-refractivity contribution in [2.75, 3.05) is 13.1 Å². The second-order valence-electron chi connectivity index (χ2n) is 6.48. The topological polar surface area (TPSA) is 90.2 Å².